The molecule has 7 heteroatoms. The van der Waals surface area contributed by atoms with Crippen LogP contribution in [0.3, 0.4) is 0 Å². The summed E-state index contributed by atoms with van der Waals surface area (Å²) >= 11 is 1.57. The molecule has 0 spiro atoms. The van der Waals surface area contributed by atoms with Gasteiger partial charge in [-0.25, -0.2) is 4.98 Å². The van der Waals surface area contributed by atoms with Gasteiger partial charge in [0.2, 0.25) is 0 Å². The number of nitro benzene ring substituents is 1. The Bertz CT molecular complexity index is 903. The number of amides is 1. The van der Waals surface area contributed by atoms with Crippen LogP contribution in [0.25, 0.3) is 11.3 Å². The summed E-state index contributed by atoms with van der Waals surface area (Å²) in [5, 5.41) is 16.4. The molecule has 0 fully saturated rings. The highest BCUT2D eigenvalue weighted by Gasteiger charge is 2.10. The van der Waals surface area contributed by atoms with Crippen LogP contribution >= 0.6 is 11.3 Å². The molecule has 120 valence electrons. The van der Waals surface area contributed by atoms with Crippen LogP contribution in [0.4, 0.5) is 11.4 Å². The third-order valence-electron chi connectivity index (χ3n) is 3.38. The van der Waals surface area contributed by atoms with E-state index in [0.29, 0.717) is 11.3 Å². The van der Waals surface area contributed by atoms with Crippen molar-refractivity contribution in [3.05, 3.63) is 74.6 Å². The van der Waals surface area contributed by atoms with Crippen molar-refractivity contribution in [2.24, 2.45) is 0 Å². The van der Waals surface area contributed by atoms with Crippen LogP contribution in [0.1, 0.15) is 15.4 Å². The highest BCUT2D eigenvalue weighted by Crippen LogP contribution is 2.22. The molecule has 0 unspecified atom stereocenters. The Morgan fingerprint density at radius 3 is 2.58 bits per heavy atom. The fourth-order valence-corrected chi connectivity index (χ4v) is 2.81. The molecule has 0 bridgehead atoms. The molecule has 6 nitrogen and oxygen atoms in total. The largest absolute Gasteiger partial charge is 0.322 e. The van der Waals surface area contributed by atoms with E-state index in [4.69, 9.17) is 0 Å². The summed E-state index contributed by atoms with van der Waals surface area (Å²) in [6, 6.07) is 12.9. The van der Waals surface area contributed by atoms with Gasteiger partial charge < -0.3 is 5.32 Å². The molecule has 0 aliphatic carbocycles. The van der Waals surface area contributed by atoms with Gasteiger partial charge in [0, 0.05) is 34.3 Å². The van der Waals surface area contributed by atoms with Crippen molar-refractivity contribution >= 4 is 28.6 Å². The predicted molar refractivity (Wildman–Crippen MR) is 93.3 cm³/mol. The number of carbonyl (C=O) groups excluding carboxylic acids is 1. The van der Waals surface area contributed by atoms with E-state index in [2.05, 4.69) is 10.3 Å². The second-order valence-electron chi connectivity index (χ2n) is 5.09. The molecule has 1 N–H and O–H groups in total. The van der Waals surface area contributed by atoms with Crippen LogP contribution in [-0.2, 0) is 0 Å². The molecule has 0 saturated heterocycles. The summed E-state index contributed by atoms with van der Waals surface area (Å²) in [7, 11) is 0. The van der Waals surface area contributed by atoms with Gasteiger partial charge in [-0.3, -0.25) is 14.9 Å². The number of rotatable bonds is 4. The smallest absolute Gasteiger partial charge is 0.271 e. The minimum Gasteiger partial charge on any atom is -0.322 e. The first-order chi connectivity index (χ1) is 11.5. The maximum atomic E-state index is 12.3. The summed E-state index contributed by atoms with van der Waals surface area (Å²) in [5.41, 5.74) is 2.60. The lowest BCUT2D eigenvalue weighted by Gasteiger charge is -2.06. The predicted octanol–water partition coefficient (Wildman–Crippen LogP) is 4.28. The van der Waals surface area contributed by atoms with Crippen molar-refractivity contribution in [2.75, 3.05) is 5.32 Å². The fraction of sp³-hybridized carbons (Fsp3) is 0.0588. The van der Waals surface area contributed by atoms with Gasteiger partial charge in [-0.1, -0.05) is 18.2 Å². The van der Waals surface area contributed by atoms with E-state index in [0.717, 1.165) is 16.3 Å². The Balaban J connectivity index is 1.76. The number of thiazole rings is 1. The van der Waals surface area contributed by atoms with Gasteiger partial charge in [0.1, 0.15) is 0 Å². The molecule has 1 heterocycles. The van der Waals surface area contributed by atoms with Crippen molar-refractivity contribution in [2.45, 2.75) is 6.92 Å². The molecule has 0 aliphatic heterocycles. The van der Waals surface area contributed by atoms with Crippen LogP contribution in [0.5, 0.6) is 0 Å². The number of carbonyl (C=O) groups is 1. The molecule has 24 heavy (non-hydrogen) atoms. The SMILES string of the molecule is Cc1nc(-c2ccc(C(=O)Nc3cccc([N+](=O)[O-])c3)cc2)cs1. The molecule has 0 radical (unpaired) electrons. The number of hydrogen-bond donors (Lipinski definition) is 1. The second-order valence-corrected chi connectivity index (χ2v) is 6.15. The molecule has 3 rings (SSSR count). The average Bonchev–Trinajstić information content (AvgIpc) is 3.01. The zero-order valence-corrected chi connectivity index (χ0v) is 13.5. The molecule has 2 aromatic carbocycles. The zero-order valence-electron chi connectivity index (χ0n) is 12.7. The van der Waals surface area contributed by atoms with Crippen molar-refractivity contribution in [3.63, 3.8) is 0 Å². The third kappa shape index (κ3) is 3.47. The van der Waals surface area contributed by atoms with Gasteiger partial charge in [-0.15, -0.1) is 11.3 Å². The summed E-state index contributed by atoms with van der Waals surface area (Å²) in [5.74, 6) is -0.323. The number of non-ortho nitro benzene ring substituents is 1. The van der Waals surface area contributed by atoms with Crippen LogP contribution in [0, 0.1) is 17.0 Å². The van der Waals surface area contributed by atoms with Crippen molar-refractivity contribution in [3.8, 4) is 11.3 Å². The quantitative estimate of drug-likeness (QED) is 0.568. The Morgan fingerprint density at radius 1 is 1.21 bits per heavy atom. The lowest BCUT2D eigenvalue weighted by Crippen LogP contribution is -2.11. The number of hydrogen-bond acceptors (Lipinski definition) is 5. The standard InChI is InChI=1S/C17H13N3O3S/c1-11-18-16(10-24-11)12-5-7-13(8-6-12)17(21)19-14-3-2-4-15(9-14)20(22)23/h2-10H,1H3,(H,19,21). The molecule has 0 saturated carbocycles. The molecule has 1 amide bonds. The Hall–Kier alpha value is -3.06. The Morgan fingerprint density at radius 2 is 1.96 bits per heavy atom. The monoisotopic (exact) mass is 339 g/mol. The number of anilines is 1. The first-order valence-electron chi connectivity index (χ1n) is 7.11. The maximum Gasteiger partial charge on any atom is 0.271 e. The van der Waals surface area contributed by atoms with Gasteiger partial charge >= 0.3 is 0 Å². The van der Waals surface area contributed by atoms with E-state index in [9.17, 15) is 14.9 Å². The summed E-state index contributed by atoms with van der Waals surface area (Å²) < 4.78 is 0. The van der Waals surface area contributed by atoms with Crippen LogP contribution in [0.15, 0.2) is 53.9 Å². The van der Waals surface area contributed by atoms with E-state index in [-0.39, 0.29) is 11.6 Å². The number of nitrogens with one attached hydrogen (secondary N) is 1. The highest BCUT2D eigenvalue weighted by atomic mass is 32.1. The second kappa shape index (κ2) is 6.59. The summed E-state index contributed by atoms with van der Waals surface area (Å²) in [6.07, 6.45) is 0. The highest BCUT2D eigenvalue weighted by molar-refractivity contribution is 7.09. The lowest BCUT2D eigenvalue weighted by atomic mass is 10.1. The van der Waals surface area contributed by atoms with E-state index in [1.54, 1.807) is 29.5 Å². The van der Waals surface area contributed by atoms with E-state index < -0.39 is 4.92 Å². The molecular weight excluding hydrogens is 326 g/mol. The molecule has 0 atom stereocenters. The van der Waals surface area contributed by atoms with Gasteiger partial charge in [-0.05, 0) is 25.1 Å². The molecule has 3 aromatic rings. The number of aromatic nitrogens is 1. The number of nitro groups is 1. The number of benzene rings is 2. The number of aryl methyl sites for hydroxylation is 1. The molecular formula is C17H13N3O3S. The van der Waals surface area contributed by atoms with E-state index in [1.807, 2.05) is 24.4 Å². The topological polar surface area (TPSA) is 85.1 Å². The Labute approximate surface area is 141 Å². The van der Waals surface area contributed by atoms with Gasteiger partial charge in [0.05, 0.1) is 15.6 Å². The van der Waals surface area contributed by atoms with Crippen molar-refractivity contribution in [1.29, 1.82) is 0 Å². The third-order valence-corrected chi connectivity index (χ3v) is 4.15. The first-order valence-corrected chi connectivity index (χ1v) is 7.99. The number of nitrogens with zero attached hydrogens (tertiary/aromatic N) is 2. The van der Waals surface area contributed by atoms with Gasteiger partial charge in [0.15, 0.2) is 0 Å². The molecule has 0 aliphatic rings. The van der Waals surface area contributed by atoms with Crippen LogP contribution in [0.2, 0.25) is 0 Å². The van der Waals surface area contributed by atoms with E-state index >= 15 is 0 Å². The minimum atomic E-state index is -0.500. The molecule has 1 aromatic heterocycles. The van der Waals surface area contributed by atoms with Gasteiger partial charge in [-0.2, -0.15) is 0 Å². The zero-order chi connectivity index (χ0) is 17.1. The van der Waals surface area contributed by atoms with Crippen LogP contribution in [-0.4, -0.2) is 15.8 Å². The van der Waals surface area contributed by atoms with Crippen molar-refractivity contribution in [1.82, 2.24) is 4.98 Å². The first kappa shape index (κ1) is 15.8. The normalized spacial score (nSPS) is 10.4. The maximum absolute atomic E-state index is 12.3. The fourth-order valence-electron chi connectivity index (χ4n) is 2.19. The lowest BCUT2D eigenvalue weighted by molar-refractivity contribution is -0.384. The van der Waals surface area contributed by atoms with Gasteiger partial charge in [0.25, 0.3) is 11.6 Å². The van der Waals surface area contributed by atoms with Crippen molar-refractivity contribution < 1.29 is 9.72 Å². The summed E-state index contributed by atoms with van der Waals surface area (Å²) in [4.78, 5) is 26.9. The Kier molecular flexibility index (Phi) is 4.35. The van der Waals surface area contributed by atoms with Crippen LogP contribution < -0.4 is 5.32 Å². The minimum absolute atomic E-state index is 0.0675. The average molecular weight is 339 g/mol. The summed E-state index contributed by atoms with van der Waals surface area (Å²) in [6.45, 7) is 1.94. The van der Waals surface area contributed by atoms with E-state index in [1.165, 1.54) is 18.2 Å².